The van der Waals surface area contributed by atoms with E-state index >= 15 is 0 Å². The Balaban J connectivity index is 1.68. The highest BCUT2D eigenvalue weighted by Crippen LogP contribution is 2.49. The van der Waals surface area contributed by atoms with Gasteiger partial charge in [-0.2, -0.15) is 0 Å². The Labute approximate surface area is 136 Å². The Kier molecular flexibility index (Phi) is 4.48. The standard InChI is InChI=1S/C17H22ClNO3/c1-21-15-9-14(16(22-2)8-13(15)18)19-17(20)7-12-6-10-3-4-11(12)5-10/h8-12H,3-7H2,1-2H3,(H,19,20)/t10-,11-,12+/m1/s1. The zero-order chi connectivity index (χ0) is 15.7. The molecule has 2 saturated carbocycles. The number of carbonyl (C=O) groups excluding carboxylic acids is 1. The van der Waals surface area contributed by atoms with Gasteiger partial charge in [-0.3, -0.25) is 4.79 Å². The second kappa shape index (κ2) is 6.37. The average molecular weight is 324 g/mol. The van der Waals surface area contributed by atoms with E-state index in [2.05, 4.69) is 5.32 Å². The van der Waals surface area contributed by atoms with Crippen LogP contribution >= 0.6 is 11.6 Å². The summed E-state index contributed by atoms with van der Waals surface area (Å²) in [6.45, 7) is 0. The Morgan fingerprint density at radius 3 is 2.59 bits per heavy atom. The molecule has 0 saturated heterocycles. The first-order chi connectivity index (χ1) is 10.6. The van der Waals surface area contributed by atoms with Crippen LogP contribution in [0, 0.1) is 17.8 Å². The lowest BCUT2D eigenvalue weighted by Gasteiger charge is -2.21. The third-order valence-corrected chi connectivity index (χ3v) is 5.38. The number of carbonyl (C=O) groups is 1. The van der Waals surface area contributed by atoms with Gasteiger partial charge in [-0.05, 0) is 37.0 Å². The summed E-state index contributed by atoms with van der Waals surface area (Å²) in [7, 11) is 3.11. The number of hydrogen-bond donors (Lipinski definition) is 1. The molecule has 2 bridgehead atoms. The summed E-state index contributed by atoms with van der Waals surface area (Å²) in [6, 6.07) is 3.37. The minimum atomic E-state index is 0.0419. The molecule has 1 aromatic rings. The van der Waals surface area contributed by atoms with Crippen molar-refractivity contribution in [1.82, 2.24) is 0 Å². The van der Waals surface area contributed by atoms with Gasteiger partial charge < -0.3 is 14.8 Å². The van der Waals surface area contributed by atoms with E-state index in [0.717, 1.165) is 11.8 Å². The Morgan fingerprint density at radius 1 is 1.23 bits per heavy atom. The predicted octanol–water partition coefficient (Wildman–Crippen LogP) is 4.12. The van der Waals surface area contributed by atoms with E-state index in [1.54, 1.807) is 26.4 Å². The maximum Gasteiger partial charge on any atom is 0.224 e. The SMILES string of the molecule is COc1cc(NC(=O)C[C@@H]2C[C@@H]3CC[C@@H]2C3)c(OC)cc1Cl. The molecule has 0 aromatic heterocycles. The summed E-state index contributed by atoms with van der Waals surface area (Å²) >= 11 is 6.08. The number of halogens is 1. The summed E-state index contributed by atoms with van der Waals surface area (Å²) in [4.78, 5) is 12.4. The first-order valence-corrected chi connectivity index (χ1v) is 8.20. The van der Waals surface area contributed by atoms with Gasteiger partial charge >= 0.3 is 0 Å². The topological polar surface area (TPSA) is 47.6 Å². The van der Waals surface area contributed by atoms with E-state index in [0.29, 0.717) is 34.5 Å². The lowest BCUT2D eigenvalue weighted by atomic mass is 9.86. The molecule has 0 radical (unpaired) electrons. The number of rotatable bonds is 5. The maximum atomic E-state index is 12.4. The minimum Gasteiger partial charge on any atom is -0.495 e. The molecule has 2 aliphatic rings. The van der Waals surface area contributed by atoms with Crippen molar-refractivity contribution in [2.24, 2.45) is 17.8 Å². The molecule has 2 aliphatic carbocycles. The van der Waals surface area contributed by atoms with E-state index in [1.807, 2.05) is 0 Å². The van der Waals surface area contributed by atoms with Crippen LogP contribution in [-0.4, -0.2) is 20.1 Å². The van der Waals surface area contributed by atoms with Crippen molar-refractivity contribution in [1.29, 1.82) is 0 Å². The molecule has 1 aromatic carbocycles. The van der Waals surface area contributed by atoms with Gasteiger partial charge in [0, 0.05) is 18.6 Å². The second-order valence-corrected chi connectivity index (χ2v) is 6.78. The van der Waals surface area contributed by atoms with Crippen molar-refractivity contribution in [3.63, 3.8) is 0 Å². The number of nitrogens with one attached hydrogen (secondary N) is 1. The number of amides is 1. The summed E-state index contributed by atoms with van der Waals surface area (Å²) in [5, 5.41) is 3.41. The quantitative estimate of drug-likeness (QED) is 0.886. The van der Waals surface area contributed by atoms with Gasteiger partial charge in [0.15, 0.2) is 0 Å². The van der Waals surface area contributed by atoms with Crippen molar-refractivity contribution in [2.75, 3.05) is 19.5 Å². The van der Waals surface area contributed by atoms with Crippen LogP contribution in [0.4, 0.5) is 5.69 Å². The molecule has 4 nitrogen and oxygen atoms in total. The molecule has 0 unspecified atom stereocenters. The van der Waals surface area contributed by atoms with E-state index in [4.69, 9.17) is 21.1 Å². The molecule has 0 spiro atoms. The molecule has 0 heterocycles. The van der Waals surface area contributed by atoms with Gasteiger partial charge in [0.25, 0.3) is 0 Å². The molecular weight excluding hydrogens is 302 g/mol. The average Bonchev–Trinajstić information content (AvgIpc) is 3.11. The van der Waals surface area contributed by atoms with E-state index in [-0.39, 0.29) is 5.91 Å². The molecule has 5 heteroatoms. The Hall–Kier alpha value is -1.42. The maximum absolute atomic E-state index is 12.4. The number of benzene rings is 1. The number of hydrogen-bond acceptors (Lipinski definition) is 3. The van der Waals surface area contributed by atoms with Crippen LogP contribution in [0.5, 0.6) is 11.5 Å². The summed E-state index contributed by atoms with van der Waals surface area (Å²) in [5.74, 6) is 3.26. The second-order valence-electron chi connectivity index (χ2n) is 6.37. The van der Waals surface area contributed by atoms with Crippen LogP contribution < -0.4 is 14.8 Å². The fourth-order valence-corrected chi connectivity index (χ4v) is 4.25. The molecule has 3 rings (SSSR count). The van der Waals surface area contributed by atoms with Crippen LogP contribution in [0.15, 0.2) is 12.1 Å². The van der Waals surface area contributed by atoms with Crippen LogP contribution in [0.2, 0.25) is 5.02 Å². The number of methoxy groups -OCH3 is 2. The monoisotopic (exact) mass is 323 g/mol. The third-order valence-electron chi connectivity index (χ3n) is 5.08. The first kappa shape index (κ1) is 15.5. The van der Waals surface area contributed by atoms with E-state index in [9.17, 15) is 4.79 Å². The molecule has 2 fully saturated rings. The molecule has 1 N–H and O–H groups in total. The Morgan fingerprint density at radius 2 is 2.00 bits per heavy atom. The van der Waals surface area contributed by atoms with Crippen LogP contribution in [0.1, 0.15) is 32.1 Å². The van der Waals surface area contributed by atoms with Crippen molar-refractivity contribution in [3.8, 4) is 11.5 Å². The fraction of sp³-hybridized carbons (Fsp3) is 0.588. The van der Waals surface area contributed by atoms with Crippen molar-refractivity contribution in [2.45, 2.75) is 32.1 Å². The van der Waals surface area contributed by atoms with Crippen molar-refractivity contribution in [3.05, 3.63) is 17.2 Å². The van der Waals surface area contributed by atoms with Gasteiger partial charge in [-0.15, -0.1) is 0 Å². The van der Waals surface area contributed by atoms with Crippen LogP contribution in [-0.2, 0) is 4.79 Å². The van der Waals surface area contributed by atoms with Crippen molar-refractivity contribution < 1.29 is 14.3 Å². The molecule has 0 aliphatic heterocycles. The fourth-order valence-electron chi connectivity index (χ4n) is 4.02. The highest BCUT2D eigenvalue weighted by atomic mass is 35.5. The smallest absolute Gasteiger partial charge is 0.224 e. The first-order valence-electron chi connectivity index (χ1n) is 7.82. The van der Waals surface area contributed by atoms with Crippen LogP contribution in [0.25, 0.3) is 0 Å². The summed E-state index contributed by atoms with van der Waals surface area (Å²) in [6.07, 6.45) is 5.76. The molecule has 22 heavy (non-hydrogen) atoms. The molecule has 120 valence electrons. The molecule has 1 amide bonds. The third kappa shape index (κ3) is 3.02. The normalized spacial score (nSPS) is 26.0. The Bertz CT molecular complexity index is 575. The van der Waals surface area contributed by atoms with Gasteiger partial charge in [0.2, 0.25) is 5.91 Å². The molecule has 3 atom stereocenters. The van der Waals surface area contributed by atoms with E-state index < -0.39 is 0 Å². The summed E-state index contributed by atoms with van der Waals surface area (Å²) < 4.78 is 10.5. The lowest BCUT2D eigenvalue weighted by Crippen LogP contribution is -2.20. The predicted molar refractivity (Wildman–Crippen MR) is 86.7 cm³/mol. The van der Waals surface area contributed by atoms with E-state index in [1.165, 1.54) is 25.7 Å². The van der Waals surface area contributed by atoms with Gasteiger partial charge in [-0.1, -0.05) is 18.0 Å². The number of fused-ring (bicyclic) bond motifs is 2. The minimum absolute atomic E-state index is 0.0419. The van der Waals surface area contributed by atoms with Gasteiger partial charge in [0.1, 0.15) is 11.5 Å². The zero-order valence-corrected chi connectivity index (χ0v) is 13.8. The number of ether oxygens (including phenoxy) is 2. The van der Waals surface area contributed by atoms with Gasteiger partial charge in [0.05, 0.1) is 24.9 Å². The zero-order valence-electron chi connectivity index (χ0n) is 13.0. The van der Waals surface area contributed by atoms with Crippen molar-refractivity contribution >= 4 is 23.2 Å². The largest absolute Gasteiger partial charge is 0.495 e. The molecular formula is C17H22ClNO3. The van der Waals surface area contributed by atoms with Crippen LogP contribution in [0.3, 0.4) is 0 Å². The highest BCUT2D eigenvalue weighted by Gasteiger charge is 2.40. The highest BCUT2D eigenvalue weighted by molar-refractivity contribution is 6.32. The summed E-state index contributed by atoms with van der Waals surface area (Å²) in [5.41, 5.74) is 0.608. The van der Waals surface area contributed by atoms with Gasteiger partial charge in [-0.25, -0.2) is 0 Å². The number of anilines is 1. The lowest BCUT2D eigenvalue weighted by molar-refractivity contribution is -0.117.